The zero-order valence-corrected chi connectivity index (χ0v) is 20.7. The molecule has 0 spiro atoms. The lowest BCUT2D eigenvalue weighted by Crippen LogP contribution is -2.29. The molecule has 0 aliphatic rings. The fraction of sp³-hybridized carbons (Fsp3) is 0.269. The van der Waals surface area contributed by atoms with Crippen LogP contribution < -0.4 is 9.47 Å². The van der Waals surface area contributed by atoms with E-state index < -0.39 is 24.1 Å². The minimum Gasteiger partial charge on any atom is -0.503 e. The van der Waals surface area contributed by atoms with Gasteiger partial charge in [0.15, 0.2) is 17.6 Å². The number of methoxy groups -OCH3 is 1. The van der Waals surface area contributed by atoms with E-state index in [0.717, 1.165) is 5.56 Å². The van der Waals surface area contributed by atoms with Crippen molar-refractivity contribution in [3.05, 3.63) is 83.1 Å². The molecule has 178 valence electrons. The van der Waals surface area contributed by atoms with Crippen LogP contribution in [0.5, 0.6) is 17.2 Å². The average Bonchev–Trinajstić information content (AvgIpc) is 2.84. The van der Waals surface area contributed by atoms with Crippen LogP contribution in [0.2, 0.25) is 5.02 Å². The fourth-order valence-electron chi connectivity index (χ4n) is 3.38. The number of carbonyl (C=O) groups is 1. The van der Waals surface area contributed by atoms with Crippen molar-refractivity contribution in [2.75, 3.05) is 7.11 Å². The maximum Gasteiger partial charge on any atom is 0.309 e. The molecule has 0 aliphatic carbocycles. The minimum absolute atomic E-state index is 0.152. The van der Waals surface area contributed by atoms with Crippen molar-refractivity contribution in [3.63, 3.8) is 0 Å². The zero-order valence-electron chi connectivity index (χ0n) is 19.1. The van der Waals surface area contributed by atoms with Crippen molar-refractivity contribution >= 4 is 34.7 Å². The molecule has 0 aliphatic heterocycles. The Labute approximate surface area is 209 Å². The first-order valence-corrected chi connectivity index (χ1v) is 11.5. The molecule has 0 unspecified atom stereocenters. The van der Waals surface area contributed by atoms with Crippen LogP contribution in [0.3, 0.4) is 0 Å². The van der Waals surface area contributed by atoms with Crippen molar-refractivity contribution < 1.29 is 24.1 Å². The highest BCUT2D eigenvalue weighted by molar-refractivity contribution is 7.80. The van der Waals surface area contributed by atoms with Gasteiger partial charge in [-0.1, -0.05) is 73.2 Å². The van der Waals surface area contributed by atoms with Gasteiger partial charge in [0.2, 0.25) is 0 Å². The first-order valence-electron chi connectivity index (χ1n) is 10.7. The third-order valence-electron chi connectivity index (χ3n) is 5.21. The molecular formula is C26H26ClNO5S. The third-order valence-corrected chi connectivity index (χ3v) is 5.88. The summed E-state index contributed by atoms with van der Waals surface area (Å²) in [6, 6.07) is 18.2. The molecule has 8 heteroatoms. The summed E-state index contributed by atoms with van der Waals surface area (Å²) in [7, 11) is 1.44. The van der Waals surface area contributed by atoms with Crippen LogP contribution >= 0.6 is 23.8 Å². The number of rotatable bonds is 10. The van der Waals surface area contributed by atoms with E-state index in [0.29, 0.717) is 15.6 Å². The summed E-state index contributed by atoms with van der Waals surface area (Å²) in [5.74, 6) is -0.408. The van der Waals surface area contributed by atoms with Crippen molar-refractivity contribution in [2.24, 2.45) is 5.92 Å². The molecule has 0 fully saturated rings. The van der Waals surface area contributed by atoms with Gasteiger partial charge in [-0.2, -0.15) is 0 Å². The van der Waals surface area contributed by atoms with E-state index in [1.54, 1.807) is 26.0 Å². The number of thiocarbonyl (C=S) groups is 1. The Balaban J connectivity index is 1.72. The fourth-order valence-corrected chi connectivity index (χ4v) is 3.96. The van der Waals surface area contributed by atoms with E-state index in [9.17, 15) is 9.90 Å². The van der Waals surface area contributed by atoms with Gasteiger partial charge in [-0.25, -0.2) is 0 Å². The molecule has 0 saturated carbocycles. The lowest BCUT2D eigenvalue weighted by atomic mass is 10.0. The number of para-hydroxylation sites is 1. The van der Waals surface area contributed by atoms with Gasteiger partial charge in [-0.15, -0.1) is 0 Å². The molecule has 0 amide bonds. The Morgan fingerprint density at radius 3 is 2.41 bits per heavy atom. The number of ether oxygens (including phenoxy) is 3. The summed E-state index contributed by atoms with van der Waals surface area (Å²) in [5, 5.41) is 10.8. The maximum absolute atomic E-state index is 12.9. The summed E-state index contributed by atoms with van der Waals surface area (Å²) in [6.07, 6.45) is 0.469. The Hall–Kier alpha value is -3.16. The van der Waals surface area contributed by atoms with Crippen molar-refractivity contribution in [1.29, 1.82) is 0 Å². The van der Waals surface area contributed by atoms with Gasteiger partial charge in [0, 0.05) is 17.1 Å². The molecule has 1 aromatic heterocycles. The number of aromatic hydroxyl groups is 1. The quantitative estimate of drug-likeness (QED) is 0.210. The van der Waals surface area contributed by atoms with E-state index >= 15 is 0 Å². The van der Waals surface area contributed by atoms with Gasteiger partial charge in [0.1, 0.15) is 17.5 Å². The second-order valence-electron chi connectivity index (χ2n) is 7.76. The van der Waals surface area contributed by atoms with E-state index in [1.807, 2.05) is 42.5 Å². The van der Waals surface area contributed by atoms with Gasteiger partial charge in [0.25, 0.3) is 0 Å². The number of esters is 1. The SMILES string of the molecule is COc1ccnc(C(=S)C[C@@H](C)C(=O)O[C@@H](C)[C@H](Oc2ccccc2Cl)c2ccccc2)c1O. The lowest BCUT2D eigenvalue weighted by Gasteiger charge is -2.27. The standard InChI is InChI=1S/C26H26ClNO5S/c1-16(15-22(34)23-24(29)21(31-3)13-14-28-23)26(30)32-17(2)25(18-9-5-4-6-10-18)33-20-12-8-7-11-19(20)27/h4-14,16-17,25,29H,15H2,1-3H3/t16-,17+,25+/m1/s1. The van der Waals surface area contributed by atoms with E-state index in [2.05, 4.69) is 4.98 Å². The summed E-state index contributed by atoms with van der Waals surface area (Å²) in [4.78, 5) is 17.4. The largest absolute Gasteiger partial charge is 0.503 e. The lowest BCUT2D eigenvalue weighted by molar-refractivity contribution is -0.157. The smallest absolute Gasteiger partial charge is 0.309 e. The van der Waals surface area contributed by atoms with Crippen molar-refractivity contribution in [2.45, 2.75) is 32.5 Å². The summed E-state index contributed by atoms with van der Waals surface area (Å²) >= 11 is 11.7. The van der Waals surface area contributed by atoms with Gasteiger partial charge in [-0.05, 0) is 31.0 Å². The predicted molar refractivity (Wildman–Crippen MR) is 135 cm³/mol. The second kappa shape index (κ2) is 11.8. The normalized spacial score (nSPS) is 13.4. The van der Waals surface area contributed by atoms with E-state index in [-0.39, 0.29) is 23.6 Å². The number of hydrogen-bond acceptors (Lipinski definition) is 7. The van der Waals surface area contributed by atoms with E-state index in [1.165, 1.54) is 19.4 Å². The average molecular weight is 500 g/mol. The minimum atomic E-state index is -0.620. The number of halogens is 1. The molecule has 0 saturated heterocycles. The Morgan fingerprint density at radius 2 is 1.74 bits per heavy atom. The highest BCUT2D eigenvalue weighted by Gasteiger charge is 2.28. The Morgan fingerprint density at radius 1 is 1.06 bits per heavy atom. The number of aromatic nitrogens is 1. The van der Waals surface area contributed by atoms with Gasteiger partial charge >= 0.3 is 5.97 Å². The third kappa shape index (κ3) is 6.24. The zero-order chi connectivity index (χ0) is 24.7. The number of hydrogen-bond donors (Lipinski definition) is 1. The number of carbonyl (C=O) groups excluding carboxylic acids is 1. The topological polar surface area (TPSA) is 77.9 Å². The molecule has 2 aromatic carbocycles. The number of nitrogens with zero attached hydrogens (tertiary/aromatic N) is 1. The van der Waals surface area contributed by atoms with Crippen LogP contribution in [0.25, 0.3) is 0 Å². The molecule has 0 radical (unpaired) electrons. The second-order valence-corrected chi connectivity index (χ2v) is 8.66. The van der Waals surface area contributed by atoms with Crippen LogP contribution in [0.1, 0.15) is 37.6 Å². The molecule has 3 rings (SSSR count). The first-order chi connectivity index (χ1) is 16.3. The summed E-state index contributed by atoms with van der Waals surface area (Å²) < 4.78 is 17.1. The van der Waals surface area contributed by atoms with Crippen LogP contribution in [0, 0.1) is 5.92 Å². The summed E-state index contributed by atoms with van der Waals surface area (Å²) in [5.41, 5.74) is 1.06. The predicted octanol–water partition coefficient (Wildman–Crippen LogP) is 5.95. The van der Waals surface area contributed by atoms with Crippen LogP contribution in [-0.2, 0) is 9.53 Å². The Kier molecular flexibility index (Phi) is 8.85. The van der Waals surface area contributed by atoms with Gasteiger partial charge in [-0.3, -0.25) is 9.78 Å². The number of benzene rings is 2. The van der Waals surface area contributed by atoms with Crippen LogP contribution in [0.4, 0.5) is 0 Å². The van der Waals surface area contributed by atoms with Crippen molar-refractivity contribution in [1.82, 2.24) is 4.98 Å². The highest BCUT2D eigenvalue weighted by Crippen LogP contribution is 2.32. The molecule has 1 N–H and O–H groups in total. The monoisotopic (exact) mass is 499 g/mol. The molecular weight excluding hydrogens is 474 g/mol. The maximum atomic E-state index is 12.9. The molecule has 3 aromatic rings. The van der Waals surface area contributed by atoms with Gasteiger partial charge < -0.3 is 19.3 Å². The molecule has 3 atom stereocenters. The van der Waals surface area contributed by atoms with Crippen LogP contribution in [-0.4, -0.2) is 34.1 Å². The van der Waals surface area contributed by atoms with Crippen LogP contribution in [0.15, 0.2) is 66.9 Å². The highest BCUT2D eigenvalue weighted by atomic mass is 35.5. The number of pyridine rings is 1. The molecule has 6 nitrogen and oxygen atoms in total. The summed E-state index contributed by atoms with van der Waals surface area (Å²) in [6.45, 7) is 3.48. The first kappa shape index (κ1) is 25.5. The van der Waals surface area contributed by atoms with Gasteiger partial charge in [0.05, 0.1) is 18.1 Å². The Bertz CT molecular complexity index is 1140. The van der Waals surface area contributed by atoms with E-state index in [4.69, 9.17) is 38.0 Å². The van der Waals surface area contributed by atoms with Crippen molar-refractivity contribution in [3.8, 4) is 17.2 Å². The molecule has 0 bridgehead atoms. The molecule has 34 heavy (non-hydrogen) atoms. The molecule has 1 heterocycles.